The van der Waals surface area contributed by atoms with E-state index >= 15 is 0 Å². The Morgan fingerprint density at radius 3 is 1.93 bits per heavy atom. The Morgan fingerprint density at radius 1 is 0.800 bits per heavy atom. The van der Waals surface area contributed by atoms with Crippen LogP contribution in [0.4, 0.5) is 13.2 Å². The lowest BCUT2D eigenvalue weighted by Gasteiger charge is -2.20. The van der Waals surface area contributed by atoms with Crippen molar-refractivity contribution >= 4 is 5.91 Å². The van der Waals surface area contributed by atoms with Gasteiger partial charge in [0.1, 0.15) is 0 Å². The molecule has 0 saturated carbocycles. The maximum atomic E-state index is 12.7. The number of alkyl halides is 3. The third-order valence-electron chi connectivity index (χ3n) is 4.54. The summed E-state index contributed by atoms with van der Waals surface area (Å²) in [5, 5.41) is 0. The average molecular weight is 407 g/mol. The molecule has 3 aromatic carbocycles. The van der Waals surface area contributed by atoms with Crippen LogP contribution in [-0.4, -0.2) is 17.4 Å². The fraction of sp³-hybridized carbons (Fsp3) is 0.160. The highest BCUT2D eigenvalue weighted by atomic mass is 19.4. The van der Waals surface area contributed by atoms with Crippen LogP contribution in [0.15, 0.2) is 84.9 Å². The first-order chi connectivity index (χ1) is 14.4. The number of carbonyl (C=O) groups excluding carboxylic acids is 1. The number of benzene rings is 3. The lowest BCUT2D eigenvalue weighted by Crippen LogP contribution is -2.31. The van der Waals surface area contributed by atoms with Gasteiger partial charge in [0.15, 0.2) is 0 Å². The zero-order chi connectivity index (χ0) is 21.4. The van der Waals surface area contributed by atoms with E-state index in [1.165, 1.54) is 12.1 Å². The minimum absolute atomic E-state index is 0.360. The van der Waals surface area contributed by atoms with Crippen molar-refractivity contribution in [3.63, 3.8) is 0 Å². The standard InChI is InChI=1S/C25H20F3NO/c26-25(27,28)23-14-11-21(12-15-23)13-16-24(30)29(19-22-9-5-2-6-10-22)18-17-20-7-3-1-4-8-20/h1-12,14-15H,17-19H2. The lowest BCUT2D eigenvalue weighted by molar-refractivity contribution is -0.137. The molecule has 0 radical (unpaired) electrons. The second-order valence-electron chi connectivity index (χ2n) is 6.77. The number of carbonyl (C=O) groups is 1. The molecule has 0 atom stereocenters. The van der Waals surface area contributed by atoms with Gasteiger partial charge < -0.3 is 4.90 Å². The van der Waals surface area contributed by atoms with Crippen molar-refractivity contribution in [2.24, 2.45) is 0 Å². The molecule has 0 aliphatic rings. The molecule has 5 heteroatoms. The maximum absolute atomic E-state index is 12.7. The van der Waals surface area contributed by atoms with Crippen LogP contribution in [0.1, 0.15) is 22.3 Å². The maximum Gasteiger partial charge on any atom is 0.416 e. The third-order valence-corrected chi connectivity index (χ3v) is 4.54. The van der Waals surface area contributed by atoms with Crippen molar-refractivity contribution < 1.29 is 18.0 Å². The number of hydrogen-bond acceptors (Lipinski definition) is 1. The summed E-state index contributed by atoms with van der Waals surface area (Å²) in [6, 6.07) is 23.9. The van der Waals surface area contributed by atoms with E-state index < -0.39 is 11.7 Å². The molecule has 1 amide bonds. The van der Waals surface area contributed by atoms with Gasteiger partial charge in [0.25, 0.3) is 5.91 Å². The molecule has 0 N–H and O–H groups in total. The Hall–Kier alpha value is -3.52. The van der Waals surface area contributed by atoms with E-state index in [0.717, 1.165) is 23.3 Å². The third kappa shape index (κ3) is 6.25. The van der Waals surface area contributed by atoms with E-state index in [4.69, 9.17) is 0 Å². The van der Waals surface area contributed by atoms with Gasteiger partial charge in [0, 0.05) is 24.6 Å². The Bertz CT molecular complexity index is 1020. The van der Waals surface area contributed by atoms with E-state index in [9.17, 15) is 18.0 Å². The molecule has 0 bridgehead atoms. The van der Waals surface area contributed by atoms with Crippen molar-refractivity contribution in [2.45, 2.75) is 19.1 Å². The first kappa shape index (κ1) is 21.2. The van der Waals surface area contributed by atoms with E-state index in [-0.39, 0.29) is 5.91 Å². The smallest absolute Gasteiger partial charge is 0.327 e. The number of nitrogens with zero attached hydrogens (tertiary/aromatic N) is 1. The predicted molar refractivity (Wildman–Crippen MR) is 110 cm³/mol. The molecular weight excluding hydrogens is 387 g/mol. The number of halogens is 3. The monoisotopic (exact) mass is 407 g/mol. The summed E-state index contributed by atoms with van der Waals surface area (Å²) >= 11 is 0. The van der Waals surface area contributed by atoms with Crippen LogP contribution >= 0.6 is 0 Å². The van der Waals surface area contributed by atoms with Crippen molar-refractivity contribution in [1.82, 2.24) is 4.90 Å². The molecule has 30 heavy (non-hydrogen) atoms. The highest BCUT2D eigenvalue weighted by Crippen LogP contribution is 2.28. The average Bonchev–Trinajstić information content (AvgIpc) is 2.76. The molecule has 2 nitrogen and oxygen atoms in total. The number of amides is 1. The minimum Gasteiger partial charge on any atom is -0.327 e. The van der Waals surface area contributed by atoms with Gasteiger partial charge in [-0.15, -0.1) is 0 Å². The van der Waals surface area contributed by atoms with Gasteiger partial charge in [-0.2, -0.15) is 13.2 Å². The van der Waals surface area contributed by atoms with Gasteiger partial charge in [-0.1, -0.05) is 66.6 Å². The van der Waals surface area contributed by atoms with Crippen LogP contribution in [0.25, 0.3) is 0 Å². The van der Waals surface area contributed by atoms with Gasteiger partial charge in [-0.3, -0.25) is 4.79 Å². The van der Waals surface area contributed by atoms with Crippen LogP contribution < -0.4 is 0 Å². The molecule has 3 aromatic rings. The summed E-state index contributed by atoms with van der Waals surface area (Å²) in [7, 11) is 0. The molecule has 0 heterocycles. The van der Waals surface area contributed by atoms with Crippen LogP contribution in [0.2, 0.25) is 0 Å². The van der Waals surface area contributed by atoms with Crippen LogP contribution in [0.5, 0.6) is 0 Å². The molecule has 0 unspecified atom stereocenters. The SMILES string of the molecule is O=C(C#Cc1ccc(C(F)(F)F)cc1)N(CCc1ccccc1)Cc1ccccc1. The summed E-state index contributed by atoms with van der Waals surface area (Å²) in [6.45, 7) is 0.896. The predicted octanol–water partition coefficient (Wildman–Crippen LogP) is 5.33. The summed E-state index contributed by atoms with van der Waals surface area (Å²) in [5.41, 5.74) is 1.71. The molecule has 0 spiro atoms. The quantitative estimate of drug-likeness (QED) is 0.524. The van der Waals surface area contributed by atoms with E-state index in [1.54, 1.807) is 4.90 Å². The molecule has 0 aliphatic carbocycles. The van der Waals surface area contributed by atoms with Crippen molar-refractivity contribution in [2.75, 3.05) is 6.54 Å². The van der Waals surface area contributed by atoms with Gasteiger partial charge in [0.2, 0.25) is 0 Å². The Kier molecular flexibility index (Phi) is 6.92. The fourth-order valence-corrected chi connectivity index (χ4v) is 2.91. The fourth-order valence-electron chi connectivity index (χ4n) is 2.91. The number of rotatable bonds is 5. The molecule has 0 aromatic heterocycles. The van der Waals surface area contributed by atoms with E-state index in [0.29, 0.717) is 25.1 Å². The highest BCUT2D eigenvalue weighted by molar-refractivity contribution is 5.94. The Labute approximate surface area is 174 Å². The van der Waals surface area contributed by atoms with Crippen LogP contribution in [0.3, 0.4) is 0 Å². The minimum atomic E-state index is -4.40. The van der Waals surface area contributed by atoms with Crippen LogP contribution in [-0.2, 0) is 23.9 Å². The van der Waals surface area contributed by atoms with E-state index in [1.807, 2.05) is 60.7 Å². The molecule has 152 valence electrons. The zero-order valence-corrected chi connectivity index (χ0v) is 16.2. The van der Waals surface area contributed by atoms with Crippen LogP contribution in [0, 0.1) is 11.8 Å². The Balaban J connectivity index is 1.73. The second-order valence-corrected chi connectivity index (χ2v) is 6.77. The van der Waals surface area contributed by atoms with Crippen molar-refractivity contribution in [3.05, 3.63) is 107 Å². The topological polar surface area (TPSA) is 20.3 Å². The molecule has 0 saturated heterocycles. The first-order valence-electron chi connectivity index (χ1n) is 9.48. The normalized spacial score (nSPS) is 10.8. The first-order valence-corrected chi connectivity index (χ1v) is 9.48. The number of hydrogen-bond donors (Lipinski definition) is 0. The van der Waals surface area contributed by atoms with Gasteiger partial charge in [-0.25, -0.2) is 0 Å². The molecule has 3 rings (SSSR count). The van der Waals surface area contributed by atoms with E-state index in [2.05, 4.69) is 11.8 Å². The summed E-state index contributed by atoms with van der Waals surface area (Å²) in [4.78, 5) is 14.4. The summed E-state index contributed by atoms with van der Waals surface area (Å²) in [5.74, 6) is 4.88. The Morgan fingerprint density at radius 2 is 1.37 bits per heavy atom. The van der Waals surface area contributed by atoms with Gasteiger partial charge >= 0.3 is 6.18 Å². The second kappa shape index (κ2) is 9.80. The summed E-state index contributed by atoms with van der Waals surface area (Å²) < 4.78 is 38.0. The van der Waals surface area contributed by atoms with Crippen molar-refractivity contribution in [3.8, 4) is 11.8 Å². The molecule has 0 aliphatic heterocycles. The largest absolute Gasteiger partial charge is 0.416 e. The van der Waals surface area contributed by atoms with Gasteiger partial charge in [-0.05, 0) is 41.8 Å². The highest BCUT2D eigenvalue weighted by Gasteiger charge is 2.29. The van der Waals surface area contributed by atoms with Gasteiger partial charge in [0.05, 0.1) is 5.56 Å². The van der Waals surface area contributed by atoms with Crippen molar-refractivity contribution in [1.29, 1.82) is 0 Å². The zero-order valence-electron chi connectivity index (χ0n) is 16.2. The lowest BCUT2D eigenvalue weighted by atomic mass is 10.1. The summed E-state index contributed by atoms with van der Waals surface area (Å²) in [6.07, 6.45) is -3.72. The molecular formula is C25H20F3NO. The molecule has 0 fully saturated rings.